The van der Waals surface area contributed by atoms with Gasteiger partial charge in [0.1, 0.15) is 5.75 Å². The van der Waals surface area contributed by atoms with Crippen molar-refractivity contribution >= 4 is 5.91 Å². The van der Waals surface area contributed by atoms with Crippen LogP contribution in [0.15, 0.2) is 30.3 Å². The van der Waals surface area contributed by atoms with Crippen molar-refractivity contribution in [2.75, 3.05) is 34.5 Å². The first-order chi connectivity index (χ1) is 13.1. The molecule has 0 saturated carbocycles. The van der Waals surface area contributed by atoms with E-state index in [1.54, 1.807) is 19.2 Å². The monoisotopic (exact) mass is 371 g/mol. The molecule has 1 aliphatic heterocycles. The maximum atomic E-state index is 13.2. The second-order valence-electron chi connectivity index (χ2n) is 6.22. The Labute approximate surface area is 159 Å². The Hall–Kier alpha value is -2.89. The van der Waals surface area contributed by atoms with Gasteiger partial charge >= 0.3 is 0 Å². The topological polar surface area (TPSA) is 57.2 Å². The summed E-state index contributed by atoms with van der Waals surface area (Å²) in [4.78, 5) is 15.0. The van der Waals surface area contributed by atoms with Gasteiger partial charge in [-0.05, 0) is 48.7 Å². The Bertz CT molecular complexity index is 834. The van der Waals surface area contributed by atoms with Crippen LogP contribution in [0.3, 0.4) is 0 Å². The lowest BCUT2D eigenvalue weighted by Gasteiger charge is -2.30. The van der Waals surface area contributed by atoms with Crippen LogP contribution >= 0.6 is 0 Å². The van der Waals surface area contributed by atoms with Crippen LogP contribution in [0.25, 0.3) is 0 Å². The Balaban J connectivity index is 1.90. The third-order valence-corrected chi connectivity index (χ3v) is 4.72. The summed E-state index contributed by atoms with van der Waals surface area (Å²) in [7, 11) is 4.60. The number of hydrogen-bond acceptors (Lipinski definition) is 5. The van der Waals surface area contributed by atoms with Crippen molar-refractivity contribution in [2.24, 2.45) is 0 Å². The van der Waals surface area contributed by atoms with Crippen LogP contribution in [0.5, 0.6) is 23.0 Å². The van der Waals surface area contributed by atoms with Gasteiger partial charge in [-0.1, -0.05) is 6.07 Å². The van der Waals surface area contributed by atoms with Gasteiger partial charge in [-0.25, -0.2) is 0 Å². The Kier molecular flexibility index (Phi) is 5.74. The molecular weight excluding hydrogens is 346 g/mol. The molecule has 0 bridgehead atoms. The summed E-state index contributed by atoms with van der Waals surface area (Å²) < 4.78 is 21.8. The molecule has 1 heterocycles. The maximum Gasteiger partial charge on any atom is 0.258 e. The Morgan fingerprint density at radius 3 is 2.44 bits per heavy atom. The van der Waals surface area contributed by atoms with Gasteiger partial charge in [0, 0.05) is 13.1 Å². The lowest BCUT2D eigenvalue weighted by molar-refractivity contribution is 0.0730. The highest BCUT2D eigenvalue weighted by Gasteiger charge is 2.27. The van der Waals surface area contributed by atoms with E-state index in [0.29, 0.717) is 42.5 Å². The minimum absolute atomic E-state index is 0.0970. The van der Waals surface area contributed by atoms with Crippen molar-refractivity contribution in [1.82, 2.24) is 4.90 Å². The lowest BCUT2D eigenvalue weighted by Crippen LogP contribution is -2.36. The van der Waals surface area contributed by atoms with Crippen LogP contribution in [-0.2, 0) is 13.0 Å². The molecule has 0 radical (unpaired) electrons. The quantitative estimate of drug-likeness (QED) is 0.780. The predicted octanol–water partition coefficient (Wildman–Crippen LogP) is 3.31. The van der Waals surface area contributed by atoms with Gasteiger partial charge in [0.2, 0.25) is 5.75 Å². The molecule has 2 aromatic carbocycles. The molecule has 0 fully saturated rings. The van der Waals surface area contributed by atoms with E-state index < -0.39 is 0 Å². The number of ether oxygens (including phenoxy) is 4. The Morgan fingerprint density at radius 1 is 1.00 bits per heavy atom. The maximum absolute atomic E-state index is 13.2. The van der Waals surface area contributed by atoms with E-state index in [0.717, 1.165) is 17.7 Å². The molecule has 6 nitrogen and oxygen atoms in total. The first kappa shape index (κ1) is 18.9. The molecule has 0 unspecified atom stereocenters. The molecule has 2 aromatic rings. The van der Waals surface area contributed by atoms with Gasteiger partial charge in [0.05, 0.1) is 33.5 Å². The first-order valence-electron chi connectivity index (χ1n) is 8.95. The number of amides is 1. The van der Waals surface area contributed by atoms with E-state index in [1.807, 2.05) is 24.0 Å². The molecule has 0 spiro atoms. The van der Waals surface area contributed by atoms with E-state index in [4.69, 9.17) is 18.9 Å². The van der Waals surface area contributed by atoms with Gasteiger partial charge < -0.3 is 23.8 Å². The minimum Gasteiger partial charge on any atom is -0.494 e. The molecular formula is C21H25NO5. The SMILES string of the molecule is CCOc1ccc2c(c1)CN(C(=O)c1ccc(OC)c(OC)c1OC)CC2. The fourth-order valence-corrected chi connectivity index (χ4v) is 3.40. The van der Waals surface area contributed by atoms with E-state index in [-0.39, 0.29) is 5.91 Å². The number of benzene rings is 2. The largest absolute Gasteiger partial charge is 0.494 e. The second kappa shape index (κ2) is 8.20. The number of carbonyl (C=O) groups excluding carboxylic acids is 1. The van der Waals surface area contributed by atoms with Gasteiger partial charge in [0.25, 0.3) is 5.91 Å². The number of methoxy groups -OCH3 is 3. The van der Waals surface area contributed by atoms with Gasteiger partial charge in [-0.3, -0.25) is 4.79 Å². The van der Waals surface area contributed by atoms with Crippen LogP contribution in [0.4, 0.5) is 0 Å². The van der Waals surface area contributed by atoms with E-state index >= 15 is 0 Å². The number of nitrogens with zero attached hydrogens (tertiary/aromatic N) is 1. The number of carbonyl (C=O) groups is 1. The molecule has 0 atom stereocenters. The van der Waals surface area contributed by atoms with E-state index in [2.05, 4.69) is 6.07 Å². The van der Waals surface area contributed by atoms with E-state index in [9.17, 15) is 4.79 Å². The second-order valence-corrected chi connectivity index (χ2v) is 6.22. The summed E-state index contributed by atoms with van der Waals surface area (Å²) in [5.41, 5.74) is 2.82. The predicted molar refractivity (Wildman–Crippen MR) is 102 cm³/mol. The number of rotatable bonds is 6. The molecule has 3 rings (SSSR count). The molecule has 0 aliphatic carbocycles. The number of fused-ring (bicyclic) bond motifs is 1. The average Bonchev–Trinajstić information content (AvgIpc) is 2.71. The molecule has 27 heavy (non-hydrogen) atoms. The third-order valence-electron chi connectivity index (χ3n) is 4.72. The first-order valence-corrected chi connectivity index (χ1v) is 8.95. The molecule has 0 aromatic heterocycles. The standard InChI is InChI=1S/C21H25NO5/c1-5-27-16-7-6-14-10-11-22(13-15(14)12-16)21(23)17-8-9-18(24-2)20(26-4)19(17)25-3/h6-9,12H,5,10-11,13H2,1-4H3. The summed E-state index contributed by atoms with van der Waals surface area (Å²) in [6, 6.07) is 9.52. The minimum atomic E-state index is -0.0970. The van der Waals surface area contributed by atoms with Crippen molar-refractivity contribution in [1.29, 1.82) is 0 Å². The third kappa shape index (κ3) is 3.65. The van der Waals surface area contributed by atoms with Gasteiger partial charge in [0.15, 0.2) is 11.5 Å². The molecule has 1 amide bonds. The van der Waals surface area contributed by atoms with Crippen molar-refractivity contribution in [3.8, 4) is 23.0 Å². The zero-order chi connectivity index (χ0) is 19.4. The van der Waals surface area contributed by atoms with Crippen molar-refractivity contribution in [3.05, 3.63) is 47.0 Å². The highest BCUT2D eigenvalue weighted by Crippen LogP contribution is 2.40. The van der Waals surface area contributed by atoms with Crippen LogP contribution in [-0.4, -0.2) is 45.3 Å². The van der Waals surface area contributed by atoms with Crippen LogP contribution in [0.2, 0.25) is 0 Å². The summed E-state index contributed by atoms with van der Waals surface area (Å²) >= 11 is 0. The van der Waals surface area contributed by atoms with Crippen molar-refractivity contribution in [3.63, 3.8) is 0 Å². The summed E-state index contributed by atoms with van der Waals surface area (Å²) in [6.45, 7) is 3.76. The van der Waals surface area contributed by atoms with Gasteiger partial charge in [-0.2, -0.15) is 0 Å². The van der Waals surface area contributed by atoms with Gasteiger partial charge in [-0.15, -0.1) is 0 Å². The van der Waals surface area contributed by atoms with E-state index in [1.165, 1.54) is 19.8 Å². The Morgan fingerprint density at radius 2 is 1.78 bits per heavy atom. The zero-order valence-electron chi connectivity index (χ0n) is 16.2. The summed E-state index contributed by atoms with van der Waals surface area (Å²) in [6.07, 6.45) is 0.809. The lowest BCUT2D eigenvalue weighted by atomic mass is 9.98. The van der Waals surface area contributed by atoms with Crippen LogP contribution in [0.1, 0.15) is 28.4 Å². The molecule has 1 aliphatic rings. The van der Waals surface area contributed by atoms with Crippen molar-refractivity contribution < 1.29 is 23.7 Å². The summed E-state index contributed by atoms with van der Waals surface area (Å²) in [5.74, 6) is 2.06. The fourth-order valence-electron chi connectivity index (χ4n) is 3.40. The molecule has 0 N–H and O–H groups in total. The van der Waals surface area contributed by atoms with Crippen molar-refractivity contribution in [2.45, 2.75) is 19.9 Å². The number of hydrogen-bond donors (Lipinski definition) is 0. The zero-order valence-corrected chi connectivity index (χ0v) is 16.2. The highest BCUT2D eigenvalue weighted by molar-refractivity contribution is 5.98. The molecule has 144 valence electrons. The van der Waals surface area contributed by atoms with Crippen LogP contribution < -0.4 is 18.9 Å². The molecule has 6 heteroatoms. The molecule has 0 saturated heterocycles. The fraction of sp³-hybridized carbons (Fsp3) is 0.381. The highest BCUT2D eigenvalue weighted by atomic mass is 16.5. The summed E-state index contributed by atoms with van der Waals surface area (Å²) in [5, 5.41) is 0. The smallest absolute Gasteiger partial charge is 0.258 e. The normalized spacial score (nSPS) is 13.0. The average molecular weight is 371 g/mol. The van der Waals surface area contributed by atoms with Crippen LogP contribution in [0, 0.1) is 0 Å².